The fraction of sp³-hybridized carbons (Fsp3) is 0.478. The summed E-state index contributed by atoms with van der Waals surface area (Å²) in [5, 5.41) is 3.26. The molecule has 2 fully saturated rings. The lowest BCUT2D eigenvalue weighted by molar-refractivity contribution is 0.0718. The summed E-state index contributed by atoms with van der Waals surface area (Å²) in [6, 6.07) is 10.8. The van der Waals surface area contributed by atoms with Crippen LogP contribution in [-0.4, -0.2) is 48.0 Å². The number of nitrogens with zero attached hydrogens (tertiary/aromatic N) is 3. The van der Waals surface area contributed by atoms with E-state index >= 15 is 0 Å². The first-order valence-electron chi connectivity index (χ1n) is 10.6. The summed E-state index contributed by atoms with van der Waals surface area (Å²) in [5.74, 6) is 1.53. The minimum atomic E-state index is -0.236. The van der Waals surface area contributed by atoms with Crippen LogP contribution < -0.4 is 10.2 Å². The number of hydrogen-bond donors (Lipinski definition) is 1. The van der Waals surface area contributed by atoms with E-state index in [0.29, 0.717) is 24.3 Å². The van der Waals surface area contributed by atoms with Crippen LogP contribution in [0.5, 0.6) is 0 Å². The highest BCUT2D eigenvalue weighted by Crippen LogP contribution is 2.23. The Balaban J connectivity index is 1.31. The summed E-state index contributed by atoms with van der Waals surface area (Å²) in [5.41, 5.74) is 1.17. The quantitative estimate of drug-likeness (QED) is 0.843. The zero-order chi connectivity index (χ0) is 20.2. The van der Waals surface area contributed by atoms with E-state index in [1.54, 1.807) is 18.3 Å². The van der Waals surface area contributed by atoms with Crippen LogP contribution in [0.1, 0.15) is 43.0 Å². The Morgan fingerprint density at radius 1 is 1.03 bits per heavy atom. The first kappa shape index (κ1) is 19.7. The number of benzene rings is 1. The van der Waals surface area contributed by atoms with Crippen molar-refractivity contribution in [2.75, 3.05) is 36.4 Å². The number of halogens is 1. The summed E-state index contributed by atoms with van der Waals surface area (Å²) >= 11 is 0. The topological polar surface area (TPSA) is 48.5 Å². The van der Waals surface area contributed by atoms with Gasteiger partial charge in [-0.05, 0) is 55.9 Å². The predicted molar refractivity (Wildman–Crippen MR) is 114 cm³/mol. The van der Waals surface area contributed by atoms with Crippen LogP contribution in [0.4, 0.5) is 15.9 Å². The zero-order valence-electron chi connectivity index (χ0n) is 17.0. The molecule has 0 atom stereocenters. The van der Waals surface area contributed by atoms with Gasteiger partial charge in [0.2, 0.25) is 0 Å². The molecule has 2 aliphatic heterocycles. The number of anilines is 2. The van der Waals surface area contributed by atoms with Crippen molar-refractivity contribution >= 4 is 17.4 Å². The Morgan fingerprint density at radius 3 is 2.41 bits per heavy atom. The van der Waals surface area contributed by atoms with Gasteiger partial charge in [-0.25, -0.2) is 9.37 Å². The van der Waals surface area contributed by atoms with Gasteiger partial charge in [0.1, 0.15) is 11.6 Å². The van der Waals surface area contributed by atoms with Gasteiger partial charge < -0.3 is 15.1 Å². The highest BCUT2D eigenvalue weighted by molar-refractivity contribution is 5.94. The number of likely N-dealkylation sites (tertiary alicyclic amines) is 1. The minimum absolute atomic E-state index is 0.0284. The molecule has 1 aromatic heterocycles. The Bertz CT molecular complexity index is 825. The second-order valence-corrected chi connectivity index (χ2v) is 8.27. The lowest BCUT2D eigenvalue weighted by Crippen LogP contribution is -2.42. The van der Waals surface area contributed by atoms with Crippen molar-refractivity contribution < 1.29 is 9.18 Å². The molecule has 6 heteroatoms. The molecule has 0 aliphatic carbocycles. The third-order valence-corrected chi connectivity index (χ3v) is 6.12. The van der Waals surface area contributed by atoms with Crippen LogP contribution in [0.25, 0.3) is 0 Å². The van der Waals surface area contributed by atoms with Crippen LogP contribution >= 0.6 is 0 Å². The van der Waals surface area contributed by atoms with E-state index in [1.165, 1.54) is 18.9 Å². The van der Waals surface area contributed by atoms with E-state index in [0.717, 1.165) is 37.7 Å². The number of amides is 1. The minimum Gasteiger partial charge on any atom is -0.380 e. The lowest BCUT2D eigenvalue weighted by Gasteiger charge is -2.33. The Hall–Kier alpha value is -2.63. The second kappa shape index (κ2) is 8.80. The first-order valence-corrected chi connectivity index (χ1v) is 10.6. The van der Waals surface area contributed by atoms with E-state index in [1.807, 2.05) is 23.1 Å². The number of pyridine rings is 1. The maximum Gasteiger partial charge on any atom is 0.255 e. The molecular formula is C23H29FN4O. The molecule has 0 radical (unpaired) electrons. The molecule has 29 heavy (non-hydrogen) atoms. The summed E-state index contributed by atoms with van der Waals surface area (Å²) in [6.45, 7) is 5.68. The largest absolute Gasteiger partial charge is 0.380 e. The van der Waals surface area contributed by atoms with Gasteiger partial charge in [0.05, 0.1) is 11.3 Å². The standard InChI is InChI=1S/C23H29FN4O/c1-17-8-12-27(13-9-17)22-7-6-18(16-25-22)23(29)28-14-10-19(11-15-28)26-21-5-3-2-4-20(21)24/h2-7,16-17,19,26H,8-15H2,1H3. The summed E-state index contributed by atoms with van der Waals surface area (Å²) in [6.07, 6.45) is 5.70. The number of aromatic nitrogens is 1. The van der Waals surface area contributed by atoms with Gasteiger partial charge >= 0.3 is 0 Å². The summed E-state index contributed by atoms with van der Waals surface area (Å²) in [7, 11) is 0. The molecule has 2 saturated heterocycles. The number of carbonyl (C=O) groups is 1. The van der Waals surface area contributed by atoms with E-state index in [9.17, 15) is 9.18 Å². The van der Waals surface area contributed by atoms with Crippen molar-refractivity contribution in [2.24, 2.45) is 5.92 Å². The van der Waals surface area contributed by atoms with Crippen LogP contribution in [0.3, 0.4) is 0 Å². The van der Waals surface area contributed by atoms with Crippen LogP contribution in [0, 0.1) is 11.7 Å². The maximum absolute atomic E-state index is 13.8. The smallest absolute Gasteiger partial charge is 0.255 e. The highest BCUT2D eigenvalue weighted by atomic mass is 19.1. The van der Waals surface area contributed by atoms with Crippen molar-refractivity contribution in [3.05, 3.63) is 54.0 Å². The molecule has 0 unspecified atom stereocenters. The second-order valence-electron chi connectivity index (χ2n) is 8.27. The van der Waals surface area contributed by atoms with Crippen molar-refractivity contribution in [3.8, 4) is 0 Å². The third-order valence-electron chi connectivity index (χ3n) is 6.12. The molecule has 1 amide bonds. The highest BCUT2D eigenvalue weighted by Gasteiger charge is 2.24. The van der Waals surface area contributed by atoms with Crippen molar-refractivity contribution in [1.82, 2.24) is 9.88 Å². The first-order chi connectivity index (χ1) is 14.1. The van der Waals surface area contributed by atoms with E-state index in [2.05, 4.69) is 22.1 Å². The number of rotatable bonds is 4. The van der Waals surface area contributed by atoms with Gasteiger partial charge in [0.25, 0.3) is 5.91 Å². The molecular weight excluding hydrogens is 367 g/mol. The molecule has 154 valence electrons. The summed E-state index contributed by atoms with van der Waals surface area (Å²) in [4.78, 5) is 21.6. The van der Waals surface area contributed by atoms with Gasteiger partial charge in [-0.1, -0.05) is 19.1 Å². The van der Waals surface area contributed by atoms with E-state index in [4.69, 9.17) is 0 Å². The SMILES string of the molecule is CC1CCN(c2ccc(C(=O)N3CCC(Nc4ccccc4F)CC3)cn2)CC1. The number of carbonyl (C=O) groups excluding carboxylic acids is 1. The number of piperidine rings is 2. The van der Waals surface area contributed by atoms with Gasteiger partial charge in [0.15, 0.2) is 0 Å². The monoisotopic (exact) mass is 396 g/mol. The van der Waals surface area contributed by atoms with Crippen molar-refractivity contribution in [3.63, 3.8) is 0 Å². The number of nitrogens with one attached hydrogen (secondary N) is 1. The normalized spacial score (nSPS) is 18.7. The molecule has 3 heterocycles. The fourth-order valence-electron chi connectivity index (χ4n) is 4.14. The average molecular weight is 397 g/mol. The van der Waals surface area contributed by atoms with Crippen LogP contribution in [-0.2, 0) is 0 Å². The number of para-hydroxylation sites is 1. The molecule has 1 aromatic carbocycles. The third kappa shape index (κ3) is 4.69. The van der Waals surface area contributed by atoms with E-state index < -0.39 is 0 Å². The fourth-order valence-corrected chi connectivity index (χ4v) is 4.14. The Kier molecular flexibility index (Phi) is 5.97. The maximum atomic E-state index is 13.8. The average Bonchev–Trinajstić information content (AvgIpc) is 2.76. The molecule has 2 aliphatic rings. The number of hydrogen-bond acceptors (Lipinski definition) is 4. The molecule has 5 nitrogen and oxygen atoms in total. The molecule has 0 saturated carbocycles. The molecule has 0 bridgehead atoms. The van der Waals surface area contributed by atoms with Gasteiger partial charge in [-0.15, -0.1) is 0 Å². The van der Waals surface area contributed by atoms with E-state index in [-0.39, 0.29) is 17.8 Å². The predicted octanol–water partition coefficient (Wildman–Crippen LogP) is 4.17. The molecule has 0 spiro atoms. The van der Waals surface area contributed by atoms with Gasteiger partial charge in [-0.2, -0.15) is 0 Å². The molecule has 4 rings (SSSR count). The van der Waals surface area contributed by atoms with Gasteiger partial charge in [-0.3, -0.25) is 4.79 Å². The zero-order valence-corrected chi connectivity index (χ0v) is 17.0. The van der Waals surface area contributed by atoms with Crippen LogP contribution in [0.2, 0.25) is 0 Å². The molecule has 2 aromatic rings. The van der Waals surface area contributed by atoms with Crippen molar-refractivity contribution in [1.29, 1.82) is 0 Å². The Labute approximate surface area is 171 Å². The summed E-state index contributed by atoms with van der Waals surface area (Å²) < 4.78 is 13.8. The van der Waals surface area contributed by atoms with Crippen LogP contribution in [0.15, 0.2) is 42.6 Å². The van der Waals surface area contributed by atoms with Gasteiger partial charge in [0, 0.05) is 38.4 Å². The molecule has 1 N–H and O–H groups in total. The Morgan fingerprint density at radius 2 is 1.76 bits per heavy atom. The lowest BCUT2D eigenvalue weighted by atomic mass is 9.99. The van der Waals surface area contributed by atoms with Crippen molar-refractivity contribution in [2.45, 2.75) is 38.6 Å².